The molecule has 1 amide bonds. The van der Waals surface area contributed by atoms with E-state index in [0.717, 1.165) is 28.1 Å². The number of carbonyl (C=O) groups is 1. The summed E-state index contributed by atoms with van der Waals surface area (Å²) >= 11 is 7.31. The van der Waals surface area contributed by atoms with Crippen LogP contribution in [0, 0.1) is 20.8 Å². The Morgan fingerprint density at radius 3 is 2.72 bits per heavy atom. The number of aryl methyl sites for hydroxylation is 2. The van der Waals surface area contributed by atoms with Gasteiger partial charge >= 0.3 is 0 Å². The molecule has 0 saturated carbocycles. The second-order valence-electron chi connectivity index (χ2n) is 6.74. The molecule has 29 heavy (non-hydrogen) atoms. The van der Waals surface area contributed by atoms with Crippen molar-refractivity contribution in [3.63, 3.8) is 0 Å². The number of hydrogen-bond acceptors (Lipinski definition) is 5. The lowest BCUT2D eigenvalue weighted by Crippen LogP contribution is -2.15. The summed E-state index contributed by atoms with van der Waals surface area (Å²) in [6.07, 6.45) is 0. The molecule has 0 unspecified atom stereocenters. The van der Waals surface area contributed by atoms with E-state index in [9.17, 15) is 4.79 Å². The van der Waals surface area contributed by atoms with Crippen molar-refractivity contribution < 1.29 is 9.53 Å². The summed E-state index contributed by atoms with van der Waals surface area (Å²) in [7, 11) is 1.86. The number of amides is 1. The number of anilines is 1. The fraction of sp³-hybridized carbons (Fsp3) is 0.286. The van der Waals surface area contributed by atoms with Crippen LogP contribution in [0.5, 0.6) is 5.75 Å². The zero-order valence-corrected chi connectivity index (χ0v) is 18.4. The zero-order chi connectivity index (χ0) is 21.0. The molecule has 3 rings (SSSR count). The first-order valence-corrected chi connectivity index (χ1v) is 10.5. The number of carbonyl (C=O) groups excluding carboxylic acids is 1. The SMILES string of the molecule is Cc1cc(Cl)ccc1OCc1nnc(SCC(=O)Nc2cccc(C)c2C)n1C. The van der Waals surface area contributed by atoms with Gasteiger partial charge in [0.2, 0.25) is 5.91 Å². The van der Waals surface area contributed by atoms with E-state index >= 15 is 0 Å². The van der Waals surface area contributed by atoms with Crippen LogP contribution in [-0.4, -0.2) is 26.4 Å². The predicted octanol–water partition coefficient (Wildman–Crippen LogP) is 4.70. The Bertz CT molecular complexity index is 1040. The molecule has 1 aromatic heterocycles. The minimum Gasteiger partial charge on any atom is -0.485 e. The molecule has 0 aliphatic heterocycles. The van der Waals surface area contributed by atoms with Gasteiger partial charge in [0.15, 0.2) is 11.0 Å². The van der Waals surface area contributed by atoms with Crippen LogP contribution in [0.1, 0.15) is 22.5 Å². The van der Waals surface area contributed by atoms with Crippen LogP contribution in [-0.2, 0) is 18.4 Å². The van der Waals surface area contributed by atoms with Crippen LogP contribution >= 0.6 is 23.4 Å². The van der Waals surface area contributed by atoms with Gasteiger partial charge in [0.05, 0.1) is 5.75 Å². The van der Waals surface area contributed by atoms with Crippen molar-refractivity contribution in [2.24, 2.45) is 7.05 Å². The third-order valence-electron chi connectivity index (χ3n) is 4.63. The Hall–Kier alpha value is -2.51. The summed E-state index contributed by atoms with van der Waals surface area (Å²) in [5.74, 6) is 1.59. The maximum absolute atomic E-state index is 12.3. The van der Waals surface area contributed by atoms with E-state index in [2.05, 4.69) is 15.5 Å². The molecule has 0 aliphatic rings. The molecular formula is C21H23ClN4O2S. The number of halogens is 1. The average molecular weight is 431 g/mol. The summed E-state index contributed by atoms with van der Waals surface area (Å²) in [5, 5.41) is 12.6. The van der Waals surface area contributed by atoms with Crippen LogP contribution < -0.4 is 10.1 Å². The molecule has 1 heterocycles. The molecule has 0 saturated heterocycles. The molecule has 0 aliphatic carbocycles. The van der Waals surface area contributed by atoms with Crippen molar-refractivity contribution >= 4 is 35.0 Å². The number of aromatic nitrogens is 3. The molecule has 1 N–H and O–H groups in total. The van der Waals surface area contributed by atoms with E-state index in [0.29, 0.717) is 16.0 Å². The van der Waals surface area contributed by atoms with Gasteiger partial charge in [0.25, 0.3) is 0 Å². The maximum atomic E-state index is 12.3. The minimum atomic E-state index is -0.0821. The zero-order valence-electron chi connectivity index (χ0n) is 16.8. The van der Waals surface area contributed by atoms with Gasteiger partial charge in [-0.25, -0.2) is 0 Å². The number of thioether (sulfide) groups is 1. The fourth-order valence-electron chi connectivity index (χ4n) is 2.72. The molecule has 0 fully saturated rings. The largest absolute Gasteiger partial charge is 0.485 e. The smallest absolute Gasteiger partial charge is 0.234 e. The number of rotatable bonds is 7. The third-order valence-corrected chi connectivity index (χ3v) is 5.89. The first kappa shape index (κ1) is 21.2. The highest BCUT2D eigenvalue weighted by molar-refractivity contribution is 7.99. The van der Waals surface area contributed by atoms with Gasteiger partial charge < -0.3 is 14.6 Å². The van der Waals surface area contributed by atoms with E-state index in [1.807, 2.05) is 62.7 Å². The Kier molecular flexibility index (Phi) is 6.82. The van der Waals surface area contributed by atoms with Crippen LogP contribution in [0.15, 0.2) is 41.6 Å². The summed E-state index contributed by atoms with van der Waals surface area (Å²) < 4.78 is 7.66. The molecular weight excluding hydrogens is 408 g/mol. The van der Waals surface area contributed by atoms with E-state index in [1.54, 1.807) is 6.07 Å². The summed E-state index contributed by atoms with van der Waals surface area (Å²) in [5.41, 5.74) is 4.00. The quantitative estimate of drug-likeness (QED) is 0.550. The number of nitrogens with one attached hydrogen (secondary N) is 1. The summed E-state index contributed by atoms with van der Waals surface area (Å²) in [6.45, 7) is 6.23. The first-order chi connectivity index (χ1) is 13.8. The van der Waals surface area contributed by atoms with Crippen molar-refractivity contribution in [2.75, 3.05) is 11.1 Å². The topological polar surface area (TPSA) is 69.0 Å². The molecule has 0 spiro atoms. The predicted molar refractivity (Wildman–Crippen MR) is 117 cm³/mol. The van der Waals surface area contributed by atoms with Crippen molar-refractivity contribution in [2.45, 2.75) is 32.5 Å². The monoisotopic (exact) mass is 430 g/mol. The van der Waals surface area contributed by atoms with Crippen molar-refractivity contribution in [3.8, 4) is 5.75 Å². The van der Waals surface area contributed by atoms with Crippen LogP contribution in [0.3, 0.4) is 0 Å². The van der Waals surface area contributed by atoms with Crippen molar-refractivity contribution in [1.29, 1.82) is 0 Å². The summed E-state index contributed by atoms with van der Waals surface area (Å²) in [6, 6.07) is 11.3. The molecule has 2 aromatic carbocycles. The molecule has 3 aromatic rings. The lowest BCUT2D eigenvalue weighted by atomic mass is 10.1. The van der Waals surface area contributed by atoms with Gasteiger partial charge in [0, 0.05) is 17.8 Å². The van der Waals surface area contributed by atoms with Crippen LogP contribution in [0.25, 0.3) is 0 Å². The van der Waals surface area contributed by atoms with Gasteiger partial charge in [-0.15, -0.1) is 10.2 Å². The van der Waals surface area contributed by atoms with Gasteiger partial charge in [-0.1, -0.05) is 35.5 Å². The average Bonchev–Trinajstić information content (AvgIpc) is 3.03. The minimum absolute atomic E-state index is 0.0821. The van der Waals surface area contributed by atoms with Crippen LogP contribution in [0.4, 0.5) is 5.69 Å². The highest BCUT2D eigenvalue weighted by Gasteiger charge is 2.13. The number of hydrogen-bond donors (Lipinski definition) is 1. The maximum Gasteiger partial charge on any atom is 0.234 e. The standard InChI is InChI=1S/C21H23ClN4O2S/c1-13-6-5-7-17(15(13)3)23-20(27)12-29-21-25-24-19(26(21)4)11-28-18-9-8-16(22)10-14(18)2/h5-10H,11-12H2,1-4H3,(H,23,27). The molecule has 0 bridgehead atoms. The number of benzene rings is 2. The number of nitrogens with zero attached hydrogens (tertiary/aromatic N) is 3. The second kappa shape index (κ2) is 9.33. The second-order valence-corrected chi connectivity index (χ2v) is 8.12. The Balaban J connectivity index is 1.56. The Morgan fingerprint density at radius 2 is 1.97 bits per heavy atom. The normalized spacial score (nSPS) is 10.8. The van der Waals surface area contributed by atoms with Gasteiger partial charge in [-0.2, -0.15) is 0 Å². The van der Waals surface area contributed by atoms with Gasteiger partial charge in [-0.05, 0) is 61.7 Å². The highest BCUT2D eigenvalue weighted by atomic mass is 35.5. The van der Waals surface area contributed by atoms with Crippen molar-refractivity contribution in [1.82, 2.24) is 14.8 Å². The number of ether oxygens (including phenoxy) is 1. The Labute approximate surface area is 179 Å². The Morgan fingerprint density at radius 1 is 1.17 bits per heavy atom. The third kappa shape index (κ3) is 5.31. The lowest BCUT2D eigenvalue weighted by molar-refractivity contribution is -0.113. The molecule has 8 heteroatoms. The molecule has 152 valence electrons. The van der Waals surface area contributed by atoms with Crippen LogP contribution in [0.2, 0.25) is 5.02 Å². The van der Waals surface area contributed by atoms with E-state index in [4.69, 9.17) is 16.3 Å². The molecule has 0 radical (unpaired) electrons. The molecule has 0 atom stereocenters. The van der Waals surface area contributed by atoms with E-state index in [-0.39, 0.29) is 18.3 Å². The summed E-state index contributed by atoms with van der Waals surface area (Å²) in [4.78, 5) is 12.3. The van der Waals surface area contributed by atoms with Gasteiger partial charge in [0.1, 0.15) is 12.4 Å². The first-order valence-electron chi connectivity index (χ1n) is 9.11. The highest BCUT2D eigenvalue weighted by Crippen LogP contribution is 2.23. The van der Waals surface area contributed by atoms with Crippen molar-refractivity contribution in [3.05, 3.63) is 63.9 Å². The van der Waals surface area contributed by atoms with Gasteiger partial charge in [-0.3, -0.25) is 4.79 Å². The van der Waals surface area contributed by atoms with E-state index < -0.39 is 0 Å². The molecule has 6 nitrogen and oxygen atoms in total. The fourth-order valence-corrected chi connectivity index (χ4v) is 3.67. The van der Waals surface area contributed by atoms with E-state index in [1.165, 1.54) is 11.8 Å². The lowest BCUT2D eigenvalue weighted by Gasteiger charge is -2.10.